The van der Waals surface area contributed by atoms with Crippen molar-refractivity contribution in [1.29, 1.82) is 0 Å². The van der Waals surface area contributed by atoms with Crippen LogP contribution in [-0.2, 0) is 10.5 Å². The second kappa shape index (κ2) is 10.6. The molecule has 26 heavy (non-hydrogen) atoms. The maximum Gasteiger partial charge on any atom is 0.251 e. The van der Waals surface area contributed by atoms with Crippen molar-refractivity contribution in [3.05, 3.63) is 65.5 Å². The predicted molar refractivity (Wildman–Crippen MR) is 105 cm³/mol. The van der Waals surface area contributed by atoms with Gasteiger partial charge in [-0.1, -0.05) is 25.5 Å². The minimum atomic E-state index is -0.333. The highest BCUT2D eigenvalue weighted by Gasteiger charge is 2.06. The smallest absolute Gasteiger partial charge is 0.251 e. The van der Waals surface area contributed by atoms with Crippen molar-refractivity contribution in [3.8, 4) is 0 Å². The molecule has 0 saturated heterocycles. The first-order valence-corrected chi connectivity index (χ1v) is 9.74. The number of hydrogen-bond acceptors (Lipinski definition) is 3. The van der Waals surface area contributed by atoms with E-state index in [0.29, 0.717) is 29.3 Å². The Balaban J connectivity index is 1.72. The van der Waals surface area contributed by atoms with Crippen LogP contribution in [0.3, 0.4) is 0 Å². The summed E-state index contributed by atoms with van der Waals surface area (Å²) < 4.78 is 12.8. The molecule has 4 nitrogen and oxygen atoms in total. The average molecular weight is 374 g/mol. The van der Waals surface area contributed by atoms with E-state index >= 15 is 0 Å². The van der Waals surface area contributed by atoms with Gasteiger partial charge in [0.15, 0.2) is 0 Å². The number of carbonyl (C=O) groups is 2. The van der Waals surface area contributed by atoms with E-state index in [0.717, 1.165) is 18.4 Å². The Morgan fingerprint density at radius 1 is 1.04 bits per heavy atom. The number of amides is 2. The van der Waals surface area contributed by atoms with Gasteiger partial charge in [0.25, 0.3) is 5.91 Å². The fraction of sp³-hybridized carbons (Fsp3) is 0.300. The minimum Gasteiger partial charge on any atom is -0.352 e. The van der Waals surface area contributed by atoms with Crippen LogP contribution in [0.15, 0.2) is 48.5 Å². The standard InChI is InChI=1S/C20H23FN2O2S/c1-2-3-12-22-20(25)16-6-4-15(5-7-16)13-26-14-19(24)23-18-10-8-17(21)9-11-18/h4-11H,2-3,12-14H2,1H3,(H,22,25)(H,23,24). The molecule has 0 bridgehead atoms. The molecule has 2 aromatic carbocycles. The number of benzene rings is 2. The number of thioether (sulfide) groups is 1. The van der Waals surface area contributed by atoms with Crippen LogP contribution in [0.4, 0.5) is 10.1 Å². The van der Waals surface area contributed by atoms with Crippen LogP contribution in [0.25, 0.3) is 0 Å². The molecule has 2 N–H and O–H groups in total. The summed E-state index contributed by atoms with van der Waals surface area (Å²) in [6.07, 6.45) is 2.02. The first kappa shape index (κ1) is 20.0. The van der Waals surface area contributed by atoms with Crippen molar-refractivity contribution in [2.45, 2.75) is 25.5 Å². The Kier molecular flexibility index (Phi) is 8.15. The molecule has 0 aliphatic heterocycles. The summed E-state index contributed by atoms with van der Waals surface area (Å²) in [6.45, 7) is 2.77. The third kappa shape index (κ3) is 6.88. The zero-order valence-corrected chi connectivity index (χ0v) is 15.6. The summed E-state index contributed by atoms with van der Waals surface area (Å²) >= 11 is 1.48. The molecule has 2 rings (SSSR count). The Morgan fingerprint density at radius 3 is 2.38 bits per heavy atom. The fourth-order valence-corrected chi connectivity index (χ4v) is 3.01. The Hall–Kier alpha value is -2.34. The molecular formula is C20H23FN2O2S. The topological polar surface area (TPSA) is 58.2 Å². The summed E-state index contributed by atoms with van der Waals surface area (Å²) in [5.41, 5.74) is 2.27. The number of rotatable bonds is 9. The maximum absolute atomic E-state index is 12.8. The van der Waals surface area contributed by atoms with Gasteiger partial charge >= 0.3 is 0 Å². The van der Waals surface area contributed by atoms with Gasteiger partial charge in [0.1, 0.15) is 5.82 Å². The molecule has 6 heteroatoms. The van der Waals surface area contributed by atoms with Crippen LogP contribution < -0.4 is 10.6 Å². The highest BCUT2D eigenvalue weighted by molar-refractivity contribution is 7.99. The van der Waals surface area contributed by atoms with Crippen LogP contribution in [0.1, 0.15) is 35.7 Å². The third-order valence-corrected chi connectivity index (χ3v) is 4.67. The molecule has 0 aliphatic carbocycles. The van der Waals surface area contributed by atoms with Crippen molar-refractivity contribution in [2.24, 2.45) is 0 Å². The quantitative estimate of drug-likeness (QED) is 0.646. The summed E-state index contributed by atoms with van der Waals surface area (Å²) in [4.78, 5) is 23.8. The molecule has 0 heterocycles. The number of carbonyl (C=O) groups excluding carboxylic acids is 2. The van der Waals surface area contributed by atoms with E-state index in [1.165, 1.54) is 36.0 Å². The lowest BCUT2D eigenvalue weighted by molar-refractivity contribution is -0.113. The summed E-state index contributed by atoms with van der Waals surface area (Å²) in [5.74, 6) is 0.454. The summed E-state index contributed by atoms with van der Waals surface area (Å²) in [5, 5.41) is 5.61. The SMILES string of the molecule is CCCCNC(=O)c1ccc(CSCC(=O)Nc2ccc(F)cc2)cc1. The lowest BCUT2D eigenvalue weighted by atomic mass is 10.1. The van der Waals surface area contributed by atoms with Gasteiger partial charge in [-0.15, -0.1) is 11.8 Å². The Labute approximate surface area is 157 Å². The first-order valence-electron chi connectivity index (χ1n) is 8.59. The molecule has 0 saturated carbocycles. The van der Waals surface area contributed by atoms with E-state index in [1.807, 2.05) is 12.1 Å². The zero-order valence-electron chi connectivity index (χ0n) is 14.8. The van der Waals surface area contributed by atoms with Crippen LogP contribution in [0.5, 0.6) is 0 Å². The van der Waals surface area contributed by atoms with Gasteiger partial charge in [-0.2, -0.15) is 0 Å². The molecule has 0 fully saturated rings. The van der Waals surface area contributed by atoms with E-state index in [2.05, 4.69) is 17.6 Å². The van der Waals surface area contributed by atoms with Gasteiger partial charge < -0.3 is 10.6 Å². The van der Waals surface area contributed by atoms with Crippen molar-refractivity contribution in [2.75, 3.05) is 17.6 Å². The normalized spacial score (nSPS) is 10.4. The molecular weight excluding hydrogens is 351 g/mol. The summed E-state index contributed by atoms with van der Waals surface area (Å²) in [6, 6.07) is 13.1. The van der Waals surface area contributed by atoms with Crippen molar-refractivity contribution >= 4 is 29.3 Å². The fourth-order valence-electron chi connectivity index (χ4n) is 2.22. The summed E-state index contributed by atoms with van der Waals surface area (Å²) in [7, 11) is 0. The number of anilines is 1. The Bertz CT molecular complexity index is 718. The van der Waals surface area contributed by atoms with Gasteiger partial charge in [0, 0.05) is 23.5 Å². The van der Waals surface area contributed by atoms with Gasteiger partial charge in [0.05, 0.1) is 5.75 Å². The third-order valence-electron chi connectivity index (χ3n) is 3.66. The number of halogens is 1. The Morgan fingerprint density at radius 2 is 1.73 bits per heavy atom. The molecule has 138 valence electrons. The van der Waals surface area contributed by atoms with E-state index < -0.39 is 0 Å². The second-order valence-corrected chi connectivity index (χ2v) is 6.84. The molecule has 0 unspecified atom stereocenters. The van der Waals surface area contributed by atoms with Crippen LogP contribution in [0.2, 0.25) is 0 Å². The lowest BCUT2D eigenvalue weighted by Crippen LogP contribution is -2.24. The largest absolute Gasteiger partial charge is 0.352 e. The van der Waals surface area contributed by atoms with Gasteiger partial charge in [-0.3, -0.25) is 9.59 Å². The highest BCUT2D eigenvalue weighted by atomic mass is 32.2. The molecule has 2 aromatic rings. The van der Waals surface area contributed by atoms with Crippen LogP contribution >= 0.6 is 11.8 Å². The van der Waals surface area contributed by atoms with E-state index in [1.54, 1.807) is 12.1 Å². The molecule has 0 radical (unpaired) electrons. The van der Waals surface area contributed by atoms with Gasteiger partial charge in [-0.25, -0.2) is 4.39 Å². The minimum absolute atomic E-state index is 0.0590. The molecule has 0 atom stereocenters. The molecule has 0 aromatic heterocycles. The zero-order chi connectivity index (χ0) is 18.8. The maximum atomic E-state index is 12.8. The monoisotopic (exact) mass is 374 g/mol. The predicted octanol–water partition coefficient (Wildman–Crippen LogP) is 4.23. The average Bonchev–Trinajstić information content (AvgIpc) is 2.64. The van der Waals surface area contributed by atoms with Crippen molar-refractivity contribution in [1.82, 2.24) is 5.32 Å². The number of unbranched alkanes of at least 4 members (excludes halogenated alkanes) is 1. The van der Waals surface area contributed by atoms with Gasteiger partial charge in [-0.05, 0) is 48.4 Å². The molecule has 0 spiro atoms. The first-order chi connectivity index (χ1) is 12.6. The van der Waals surface area contributed by atoms with Crippen molar-refractivity contribution < 1.29 is 14.0 Å². The van der Waals surface area contributed by atoms with E-state index in [9.17, 15) is 14.0 Å². The lowest BCUT2D eigenvalue weighted by Gasteiger charge is -2.07. The van der Waals surface area contributed by atoms with E-state index in [4.69, 9.17) is 0 Å². The van der Waals surface area contributed by atoms with Crippen LogP contribution in [0, 0.1) is 5.82 Å². The van der Waals surface area contributed by atoms with E-state index in [-0.39, 0.29) is 17.6 Å². The number of hydrogen-bond donors (Lipinski definition) is 2. The van der Waals surface area contributed by atoms with Crippen LogP contribution in [-0.4, -0.2) is 24.1 Å². The van der Waals surface area contributed by atoms with Gasteiger partial charge in [0.2, 0.25) is 5.91 Å². The molecule has 0 aliphatic rings. The number of nitrogens with one attached hydrogen (secondary N) is 2. The van der Waals surface area contributed by atoms with Crippen molar-refractivity contribution in [3.63, 3.8) is 0 Å². The molecule has 2 amide bonds. The highest BCUT2D eigenvalue weighted by Crippen LogP contribution is 2.14. The second-order valence-electron chi connectivity index (χ2n) is 5.85.